The second-order valence-electron chi connectivity index (χ2n) is 8.49. The van der Waals surface area contributed by atoms with Gasteiger partial charge in [0.1, 0.15) is 0 Å². The van der Waals surface area contributed by atoms with E-state index in [0.29, 0.717) is 12.5 Å². The molecule has 6 nitrogen and oxygen atoms in total. The van der Waals surface area contributed by atoms with Crippen molar-refractivity contribution in [2.45, 2.75) is 44.6 Å². The highest BCUT2D eigenvalue weighted by Crippen LogP contribution is 2.33. The van der Waals surface area contributed by atoms with Gasteiger partial charge in [-0.05, 0) is 42.0 Å². The van der Waals surface area contributed by atoms with E-state index >= 15 is 0 Å². The molecule has 1 N–H and O–H groups in total. The van der Waals surface area contributed by atoms with Gasteiger partial charge in [-0.15, -0.1) is 0 Å². The van der Waals surface area contributed by atoms with Gasteiger partial charge in [0.05, 0.1) is 11.0 Å². The van der Waals surface area contributed by atoms with Gasteiger partial charge in [0.25, 0.3) is 0 Å². The van der Waals surface area contributed by atoms with Gasteiger partial charge >= 0.3 is 0 Å². The van der Waals surface area contributed by atoms with E-state index in [1.165, 1.54) is 24.5 Å². The van der Waals surface area contributed by atoms with Crippen molar-refractivity contribution in [3.8, 4) is 0 Å². The summed E-state index contributed by atoms with van der Waals surface area (Å²) in [6.45, 7) is 7.87. The van der Waals surface area contributed by atoms with E-state index in [2.05, 4.69) is 26.1 Å². The Labute approximate surface area is 169 Å². The fraction of sp³-hybridized carbons (Fsp3) is 0.571. The number of nitrogens with one attached hydrogen (secondary N) is 1. The number of benzene rings is 1. The number of carbonyl (C=O) groups excluding carboxylic acids is 1. The molecule has 1 aromatic rings. The molecule has 1 aromatic carbocycles. The van der Waals surface area contributed by atoms with Crippen LogP contribution in [0.25, 0.3) is 6.08 Å². The third kappa shape index (κ3) is 5.90. The number of sulfonamides is 1. The van der Waals surface area contributed by atoms with Crippen LogP contribution in [0.3, 0.4) is 0 Å². The first-order valence-corrected chi connectivity index (χ1v) is 11.1. The minimum absolute atomic E-state index is 0.0420. The molecule has 2 unspecified atom stereocenters. The van der Waals surface area contributed by atoms with Gasteiger partial charge in [0, 0.05) is 39.2 Å². The molecule has 1 aliphatic rings. The molecule has 2 rings (SSSR count). The van der Waals surface area contributed by atoms with E-state index < -0.39 is 10.0 Å². The number of nitrogens with zero attached hydrogens (tertiary/aromatic N) is 1. The van der Waals surface area contributed by atoms with E-state index in [1.54, 1.807) is 30.3 Å². The average Bonchev–Trinajstić information content (AvgIpc) is 2.64. The molecule has 0 aliphatic carbocycles. The van der Waals surface area contributed by atoms with Gasteiger partial charge in [-0.3, -0.25) is 4.79 Å². The van der Waals surface area contributed by atoms with E-state index in [9.17, 15) is 13.2 Å². The van der Waals surface area contributed by atoms with Gasteiger partial charge in [-0.2, -0.15) is 0 Å². The van der Waals surface area contributed by atoms with Crippen LogP contribution in [0.1, 0.15) is 39.2 Å². The molecule has 1 aliphatic heterocycles. The fourth-order valence-corrected chi connectivity index (χ4v) is 4.34. The van der Waals surface area contributed by atoms with Crippen molar-refractivity contribution in [1.29, 1.82) is 0 Å². The summed E-state index contributed by atoms with van der Waals surface area (Å²) in [5.41, 5.74) is 0.807. The first-order chi connectivity index (χ1) is 13.0. The van der Waals surface area contributed by atoms with Crippen LogP contribution >= 0.6 is 0 Å². The van der Waals surface area contributed by atoms with Crippen LogP contribution in [0, 0.1) is 11.3 Å². The summed E-state index contributed by atoms with van der Waals surface area (Å²) in [6, 6.07) is 6.45. The highest BCUT2D eigenvalue weighted by Gasteiger charge is 2.35. The van der Waals surface area contributed by atoms with Crippen LogP contribution in [-0.2, 0) is 19.6 Å². The lowest BCUT2D eigenvalue weighted by Gasteiger charge is -2.40. The van der Waals surface area contributed by atoms with Crippen molar-refractivity contribution in [3.05, 3.63) is 35.9 Å². The minimum Gasteiger partial charge on any atom is -0.377 e. The van der Waals surface area contributed by atoms with Gasteiger partial charge in [0.15, 0.2) is 0 Å². The van der Waals surface area contributed by atoms with Gasteiger partial charge in [-0.1, -0.05) is 32.9 Å². The quantitative estimate of drug-likeness (QED) is 0.735. The van der Waals surface area contributed by atoms with Crippen molar-refractivity contribution in [2.75, 3.05) is 27.2 Å². The Morgan fingerprint density at radius 1 is 1.25 bits per heavy atom. The molecule has 0 bridgehead atoms. The monoisotopic (exact) mass is 408 g/mol. The number of rotatable bonds is 6. The molecule has 1 saturated heterocycles. The number of amides is 1. The lowest BCUT2D eigenvalue weighted by Crippen LogP contribution is -2.45. The predicted molar refractivity (Wildman–Crippen MR) is 111 cm³/mol. The maximum atomic E-state index is 12.2. The summed E-state index contributed by atoms with van der Waals surface area (Å²) in [5.74, 6) is 0.143. The number of hydrogen-bond acceptors (Lipinski definition) is 4. The molecule has 2 atom stereocenters. The Balaban J connectivity index is 1.93. The second kappa shape index (κ2) is 9.20. The summed E-state index contributed by atoms with van der Waals surface area (Å²) in [4.78, 5) is 12.4. The van der Waals surface area contributed by atoms with E-state index in [4.69, 9.17) is 4.74 Å². The SMILES string of the molecule is CN(C)S(=O)(=O)c1ccc(/C=C/C(=O)NCC2CCCOC2C(C)(C)C)cc1. The number of hydrogen-bond donors (Lipinski definition) is 1. The highest BCUT2D eigenvalue weighted by molar-refractivity contribution is 7.89. The maximum absolute atomic E-state index is 12.2. The Kier molecular flexibility index (Phi) is 7.42. The smallest absolute Gasteiger partial charge is 0.244 e. The first-order valence-electron chi connectivity index (χ1n) is 9.62. The van der Waals surface area contributed by atoms with Gasteiger partial charge in [-0.25, -0.2) is 12.7 Å². The normalized spacial score (nSPS) is 21.2. The average molecular weight is 409 g/mol. The topological polar surface area (TPSA) is 75.7 Å². The van der Waals surface area contributed by atoms with E-state index in [0.717, 1.165) is 25.0 Å². The molecular formula is C21H32N2O4S. The van der Waals surface area contributed by atoms with Crippen molar-refractivity contribution >= 4 is 22.0 Å². The Bertz CT molecular complexity index is 793. The summed E-state index contributed by atoms with van der Waals surface area (Å²) in [5, 5.41) is 2.97. The fourth-order valence-electron chi connectivity index (χ4n) is 3.43. The molecule has 1 heterocycles. The molecule has 1 fully saturated rings. The number of ether oxygens (including phenoxy) is 1. The maximum Gasteiger partial charge on any atom is 0.244 e. The summed E-state index contributed by atoms with van der Waals surface area (Å²) >= 11 is 0. The zero-order valence-corrected chi connectivity index (χ0v) is 18.3. The largest absolute Gasteiger partial charge is 0.377 e. The minimum atomic E-state index is -3.45. The molecule has 0 spiro atoms. The van der Waals surface area contributed by atoms with Crippen molar-refractivity contribution in [2.24, 2.45) is 11.3 Å². The van der Waals surface area contributed by atoms with Crippen molar-refractivity contribution in [1.82, 2.24) is 9.62 Å². The molecule has 0 aromatic heterocycles. The zero-order valence-electron chi connectivity index (χ0n) is 17.4. The molecule has 28 heavy (non-hydrogen) atoms. The van der Waals surface area contributed by atoms with Crippen LogP contribution < -0.4 is 5.32 Å². The molecule has 156 valence electrons. The molecule has 0 saturated carbocycles. The van der Waals surface area contributed by atoms with Crippen LogP contribution in [-0.4, -0.2) is 52.0 Å². The molecular weight excluding hydrogens is 376 g/mol. The van der Waals surface area contributed by atoms with Crippen LogP contribution in [0.5, 0.6) is 0 Å². The lowest BCUT2D eigenvalue weighted by molar-refractivity contribution is -0.118. The van der Waals surface area contributed by atoms with E-state index in [1.807, 2.05) is 0 Å². The third-order valence-electron chi connectivity index (χ3n) is 4.92. The summed E-state index contributed by atoms with van der Waals surface area (Å²) in [6.07, 6.45) is 5.36. The standard InChI is InChI=1S/C21H32N2O4S/c1-21(2,3)20-17(7-6-14-27-20)15-22-19(24)13-10-16-8-11-18(12-9-16)28(25,26)23(4)5/h8-13,17,20H,6-7,14-15H2,1-5H3,(H,22,24)/b13-10+. The third-order valence-corrected chi connectivity index (χ3v) is 6.75. The van der Waals surface area contributed by atoms with E-state index in [-0.39, 0.29) is 22.3 Å². The summed E-state index contributed by atoms with van der Waals surface area (Å²) in [7, 11) is -0.455. The second-order valence-corrected chi connectivity index (χ2v) is 10.6. The van der Waals surface area contributed by atoms with Crippen molar-refractivity contribution in [3.63, 3.8) is 0 Å². The molecule has 0 radical (unpaired) electrons. The lowest BCUT2D eigenvalue weighted by atomic mass is 9.78. The molecule has 1 amide bonds. The Morgan fingerprint density at radius 3 is 2.46 bits per heavy atom. The predicted octanol–water partition coefficient (Wildman–Crippen LogP) is 2.91. The van der Waals surface area contributed by atoms with Crippen LogP contribution in [0.15, 0.2) is 35.2 Å². The van der Waals surface area contributed by atoms with Crippen LogP contribution in [0.4, 0.5) is 0 Å². The van der Waals surface area contributed by atoms with Gasteiger partial charge in [0.2, 0.25) is 15.9 Å². The highest BCUT2D eigenvalue weighted by atomic mass is 32.2. The summed E-state index contributed by atoms with van der Waals surface area (Å²) < 4.78 is 31.3. The van der Waals surface area contributed by atoms with Crippen molar-refractivity contribution < 1.29 is 17.9 Å². The molecule has 7 heteroatoms. The Morgan fingerprint density at radius 2 is 1.89 bits per heavy atom. The number of carbonyl (C=O) groups is 1. The van der Waals surface area contributed by atoms with Gasteiger partial charge < -0.3 is 10.1 Å². The first kappa shape index (κ1) is 22.6. The Hall–Kier alpha value is -1.70. The van der Waals surface area contributed by atoms with Crippen LogP contribution in [0.2, 0.25) is 0 Å². The zero-order chi connectivity index (χ0) is 20.9.